The van der Waals surface area contributed by atoms with E-state index < -0.39 is 27.3 Å². The number of H-pyrrole nitrogens is 1. The summed E-state index contributed by atoms with van der Waals surface area (Å²) >= 11 is 0. The van der Waals surface area contributed by atoms with Crippen molar-refractivity contribution < 1.29 is 36.6 Å². The first kappa shape index (κ1) is 23.3. The zero-order chi connectivity index (χ0) is 23.9. The number of nitrogens with one attached hydrogen (secondary N) is 1. The van der Waals surface area contributed by atoms with Gasteiger partial charge in [-0.1, -0.05) is 13.0 Å². The van der Waals surface area contributed by atoms with Crippen LogP contribution >= 0.6 is 0 Å². The number of aromatic nitrogens is 1. The second kappa shape index (κ2) is 8.83. The van der Waals surface area contributed by atoms with Crippen molar-refractivity contribution in [3.05, 3.63) is 41.3 Å². The molecule has 2 aliphatic rings. The molecule has 9 nitrogen and oxygen atoms in total. The lowest BCUT2D eigenvalue weighted by Crippen LogP contribution is -2.55. The Morgan fingerprint density at radius 3 is 2.67 bits per heavy atom. The van der Waals surface area contributed by atoms with Crippen LogP contribution in [0.15, 0.2) is 30.0 Å². The van der Waals surface area contributed by atoms with Gasteiger partial charge in [-0.05, 0) is 18.6 Å². The molecule has 1 aromatic carbocycles. The van der Waals surface area contributed by atoms with Gasteiger partial charge in [0.2, 0.25) is 5.71 Å². The average molecular weight is 477 g/mol. The average Bonchev–Trinajstić information content (AvgIpc) is 3.19. The van der Waals surface area contributed by atoms with E-state index in [1.54, 1.807) is 7.11 Å². The number of carbonyl (C=O) groups is 1. The molecule has 0 saturated carbocycles. The molecule has 2 aliphatic heterocycles. The Morgan fingerprint density at radius 1 is 1.30 bits per heavy atom. The number of rotatable bonds is 6. The highest BCUT2D eigenvalue weighted by atomic mass is 32.2. The van der Waals surface area contributed by atoms with E-state index in [-0.39, 0.29) is 11.5 Å². The van der Waals surface area contributed by atoms with E-state index in [1.807, 2.05) is 29.7 Å². The zero-order valence-electron chi connectivity index (χ0n) is 19.1. The number of benzene rings is 1. The second-order valence-corrected chi connectivity index (χ2v) is 9.84. The summed E-state index contributed by atoms with van der Waals surface area (Å²) in [5, 5.41) is -0.603. The molecule has 1 N–H and O–H groups in total. The normalized spacial score (nSPS) is 23.2. The van der Waals surface area contributed by atoms with Crippen LogP contribution in [0.3, 0.4) is 0 Å². The van der Waals surface area contributed by atoms with Crippen LogP contribution in [0, 0.1) is 11.8 Å². The van der Waals surface area contributed by atoms with E-state index in [9.17, 15) is 17.8 Å². The zero-order valence-corrected chi connectivity index (χ0v) is 19.9. The Morgan fingerprint density at radius 2 is 2.06 bits per heavy atom. The van der Waals surface area contributed by atoms with Crippen molar-refractivity contribution in [3.8, 4) is 5.75 Å². The predicted molar refractivity (Wildman–Crippen MR) is 121 cm³/mol. The topological polar surface area (TPSA) is 121 Å². The summed E-state index contributed by atoms with van der Waals surface area (Å²) in [6, 6.07) is 5.59. The van der Waals surface area contributed by atoms with Crippen molar-refractivity contribution in [2.75, 3.05) is 34.4 Å². The van der Waals surface area contributed by atoms with Crippen molar-refractivity contribution in [1.82, 2.24) is 4.98 Å². The largest absolute Gasteiger partial charge is 0.747 e. The molecule has 0 bridgehead atoms. The van der Waals surface area contributed by atoms with E-state index >= 15 is 0 Å². The van der Waals surface area contributed by atoms with Gasteiger partial charge in [-0.2, -0.15) is 0 Å². The Balaban J connectivity index is 2.00. The molecular formula is C23H28N2O7S. The maximum Gasteiger partial charge on any atom is 0.337 e. The maximum absolute atomic E-state index is 12.8. The van der Waals surface area contributed by atoms with E-state index in [2.05, 4.69) is 4.98 Å². The fourth-order valence-corrected chi connectivity index (χ4v) is 6.66. The molecule has 33 heavy (non-hydrogen) atoms. The molecule has 2 aromatic rings. The highest BCUT2D eigenvalue weighted by molar-refractivity contribution is 7.87. The quantitative estimate of drug-likeness (QED) is 0.222. The number of hydrogen-bond donors (Lipinski definition) is 1. The van der Waals surface area contributed by atoms with Crippen LogP contribution in [0.4, 0.5) is 0 Å². The minimum atomic E-state index is -4.87. The predicted octanol–water partition coefficient (Wildman–Crippen LogP) is 1.81. The van der Waals surface area contributed by atoms with Crippen LogP contribution in [0.25, 0.3) is 10.9 Å². The Hall–Kier alpha value is -2.85. The molecule has 4 rings (SSSR count). The van der Waals surface area contributed by atoms with E-state index in [0.29, 0.717) is 43.1 Å². The number of methoxy groups -OCH3 is 3. The van der Waals surface area contributed by atoms with Gasteiger partial charge in [0.1, 0.15) is 39.9 Å². The SMILES string of the molecule is CC[C@@H]1C[N+]2=C(c3[nH]c4cccc(OC)c4c3CC2)[C@@H](S(=O)(=O)[O-])[C@@H]1/C(=C\OC)C(=O)OC. The number of aromatic amines is 1. The molecule has 0 radical (unpaired) electrons. The Bertz CT molecular complexity index is 1260. The molecule has 178 valence electrons. The number of nitrogens with zero attached hydrogens (tertiary/aromatic N) is 1. The fourth-order valence-electron chi connectivity index (χ4n) is 5.40. The number of fused-ring (bicyclic) bond motifs is 4. The van der Waals surface area contributed by atoms with Crippen LogP contribution in [-0.4, -0.2) is 73.9 Å². The second-order valence-electron chi connectivity index (χ2n) is 8.35. The molecule has 0 spiro atoms. The van der Waals surface area contributed by atoms with Crippen LogP contribution < -0.4 is 4.74 Å². The Labute approximate surface area is 192 Å². The third kappa shape index (κ3) is 3.80. The van der Waals surface area contributed by atoms with Gasteiger partial charge >= 0.3 is 5.97 Å². The van der Waals surface area contributed by atoms with Crippen LogP contribution in [-0.2, 0) is 30.8 Å². The van der Waals surface area contributed by atoms with Gasteiger partial charge in [-0.25, -0.2) is 17.8 Å². The van der Waals surface area contributed by atoms with Crippen molar-refractivity contribution in [2.24, 2.45) is 11.8 Å². The van der Waals surface area contributed by atoms with Crippen LogP contribution in [0.5, 0.6) is 5.75 Å². The van der Waals surface area contributed by atoms with Crippen LogP contribution in [0.1, 0.15) is 24.6 Å². The first-order chi connectivity index (χ1) is 15.8. The minimum absolute atomic E-state index is 0.0456. The molecule has 3 heterocycles. The lowest BCUT2D eigenvalue weighted by molar-refractivity contribution is -0.542. The number of carbonyl (C=O) groups excluding carboxylic acids is 1. The highest BCUT2D eigenvalue weighted by Crippen LogP contribution is 2.41. The number of esters is 1. The van der Waals surface area contributed by atoms with E-state index in [0.717, 1.165) is 16.5 Å². The summed E-state index contributed by atoms with van der Waals surface area (Å²) in [6.07, 6.45) is 2.45. The van der Waals surface area contributed by atoms with Gasteiger partial charge in [0.05, 0.1) is 38.7 Å². The minimum Gasteiger partial charge on any atom is -0.747 e. The van der Waals surface area contributed by atoms with Crippen LogP contribution in [0.2, 0.25) is 0 Å². The molecule has 1 aromatic heterocycles. The first-order valence-corrected chi connectivity index (χ1v) is 12.3. The van der Waals surface area contributed by atoms with Gasteiger partial charge in [0.15, 0.2) is 0 Å². The standard InChI is InChI=1S/C23H28N2O7S/c1-5-13-11-25-10-9-14-19-16(7-6-8-17(19)31-3)24-20(14)21(25)22(33(27,28)29)18(13)15(12-30-2)23(26)32-4/h6-8,12-13,18,22H,5,9-11H2,1-4H3,(H,27,28,29)/b15-12+/t13-,18+,22+/m1/s1. The molecule has 0 saturated heterocycles. The van der Waals surface area contributed by atoms with Crippen molar-refractivity contribution in [2.45, 2.75) is 25.0 Å². The first-order valence-electron chi connectivity index (χ1n) is 10.8. The molecule has 10 heteroatoms. The third-order valence-corrected chi connectivity index (χ3v) is 7.90. The lowest BCUT2D eigenvalue weighted by atomic mass is 9.76. The number of hydrogen-bond acceptors (Lipinski definition) is 7. The van der Waals surface area contributed by atoms with E-state index in [4.69, 9.17) is 14.2 Å². The number of ether oxygens (including phenoxy) is 3. The fraction of sp³-hybridized carbons (Fsp3) is 0.478. The summed E-state index contributed by atoms with van der Waals surface area (Å²) in [5.41, 5.74) is 2.75. The van der Waals surface area contributed by atoms with Crippen molar-refractivity contribution >= 4 is 32.7 Å². The highest BCUT2D eigenvalue weighted by Gasteiger charge is 2.52. The smallest absolute Gasteiger partial charge is 0.337 e. The summed E-state index contributed by atoms with van der Waals surface area (Å²) in [5.74, 6) is -1.20. The van der Waals surface area contributed by atoms with Gasteiger partial charge in [0, 0.05) is 29.2 Å². The van der Waals surface area contributed by atoms with Gasteiger partial charge in [-0.15, -0.1) is 0 Å². The summed E-state index contributed by atoms with van der Waals surface area (Å²) in [6.45, 7) is 2.98. The molecule has 0 amide bonds. The van der Waals surface area contributed by atoms with Crippen molar-refractivity contribution in [1.29, 1.82) is 0 Å². The van der Waals surface area contributed by atoms with E-state index in [1.165, 1.54) is 20.5 Å². The van der Waals surface area contributed by atoms with Gasteiger partial charge in [-0.3, -0.25) is 0 Å². The molecule has 0 aliphatic carbocycles. The third-order valence-electron chi connectivity index (χ3n) is 6.76. The summed E-state index contributed by atoms with van der Waals surface area (Å²) in [4.78, 5) is 16.0. The van der Waals surface area contributed by atoms with Crippen molar-refractivity contribution in [3.63, 3.8) is 0 Å². The molecular weight excluding hydrogens is 448 g/mol. The lowest BCUT2D eigenvalue weighted by Gasteiger charge is -2.39. The monoisotopic (exact) mass is 476 g/mol. The summed E-state index contributed by atoms with van der Waals surface area (Å²) in [7, 11) is -0.697. The molecule has 3 atom stereocenters. The summed E-state index contributed by atoms with van der Waals surface area (Å²) < 4.78 is 56.0. The Kier molecular flexibility index (Phi) is 6.24. The van der Waals surface area contributed by atoms with Gasteiger partial charge in [0.25, 0.3) is 0 Å². The maximum atomic E-state index is 12.8. The molecule has 0 fully saturated rings. The van der Waals surface area contributed by atoms with Gasteiger partial charge < -0.3 is 23.7 Å². The molecule has 0 unspecified atom stereocenters.